The molecule has 0 bridgehead atoms. The first-order valence-electron chi connectivity index (χ1n) is 7.73. The van der Waals surface area contributed by atoms with Gasteiger partial charge in [0.15, 0.2) is 0 Å². The molecule has 4 amide bonds. The van der Waals surface area contributed by atoms with Crippen molar-refractivity contribution in [1.29, 1.82) is 0 Å². The van der Waals surface area contributed by atoms with Crippen molar-refractivity contribution in [3.8, 4) is 0 Å². The number of rotatable bonds is 4. The minimum Gasteiger partial charge on any atom is -0.336 e. The Morgan fingerprint density at radius 1 is 1.08 bits per heavy atom. The van der Waals surface area contributed by atoms with E-state index in [0.29, 0.717) is 21.8 Å². The number of nitrogens with zero attached hydrogens (tertiary/aromatic N) is 1. The van der Waals surface area contributed by atoms with Gasteiger partial charge in [-0.15, -0.1) is 0 Å². The third-order valence-electron chi connectivity index (χ3n) is 3.94. The molecule has 2 N–H and O–H groups in total. The molecular weight excluding hydrogens is 342 g/mol. The number of urea groups is 1. The highest BCUT2D eigenvalue weighted by atomic mass is 35.5. The highest BCUT2D eigenvalue weighted by Crippen LogP contribution is 2.22. The first-order chi connectivity index (χ1) is 12.0. The summed E-state index contributed by atoms with van der Waals surface area (Å²) in [5, 5.41) is 5.94. The average Bonchev–Trinajstić information content (AvgIpc) is 2.83. The molecule has 0 aromatic heterocycles. The predicted octanol–water partition coefficient (Wildman–Crippen LogP) is 3.07. The van der Waals surface area contributed by atoms with Crippen LogP contribution in [-0.4, -0.2) is 35.8 Å². The molecule has 1 aliphatic rings. The van der Waals surface area contributed by atoms with Gasteiger partial charge in [0, 0.05) is 23.8 Å². The number of fused-ring (bicyclic) bond motifs is 1. The fraction of sp³-hybridized carbons (Fsp3) is 0.167. The molecule has 25 heavy (non-hydrogen) atoms. The van der Waals surface area contributed by atoms with Crippen LogP contribution in [0.5, 0.6) is 0 Å². The second-order valence-corrected chi connectivity index (χ2v) is 6.08. The van der Waals surface area contributed by atoms with Crippen molar-refractivity contribution in [1.82, 2.24) is 10.2 Å². The molecule has 6 nitrogen and oxygen atoms in total. The number of halogens is 1. The van der Waals surface area contributed by atoms with Gasteiger partial charge in [-0.2, -0.15) is 0 Å². The molecule has 1 heterocycles. The zero-order valence-corrected chi connectivity index (χ0v) is 14.3. The Bertz CT molecular complexity index is 831. The molecule has 128 valence electrons. The molecule has 0 fully saturated rings. The maximum atomic E-state index is 12.2. The van der Waals surface area contributed by atoms with E-state index >= 15 is 0 Å². The highest BCUT2D eigenvalue weighted by Gasteiger charge is 2.34. The molecule has 0 radical (unpaired) electrons. The summed E-state index contributed by atoms with van der Waals surface area (Å²) in [7, 11) is 0. The molecule has 1 aliphatic heterocycles. The minimum atomic E-state index is -0.415. The lowest BCUT2D eigenvalue weighted by atomic mass is 10.1. The Hall–Kier alpha value is -2.86. The van der Waals surface area contributed by atoms with Crippen molar-refractivity contribution in [2.45, 2.75) is 6.92 Å². The fourth-order valence-corrected chi connectivity index (χ4v) is 2.88. The average molecular weight is 358 g/mol. The van der Waals surface area contributed by atoms with E-state index in [1.54, 1.807) is 42.5 Å². The number of benzene rings is 2. The molecule has 0 aliphatic carbocycles. The van der Waals surface area contributed by atoms with Crippen molar-refractivity contribution >= 4 is 35.1 Å². The standard InChI is InChI=1S/C18H16ClN3O3/c1-11-10-12(19)6-7-15(11)21-18(25)20-8-9-22-16(23)13-4-2-3-5-14(13)17(22)24/h2-7,10H,8-9H2,1H3,(H2,20,21,25). The van der Waals surface area contributed by atoms with E-state index in [1.165, 1.54) is 0 Å². The Morgan fingerprint density at radius 3 is 2.32 bits per heavy atom. The molecule has 0 saturated heterocycles. The number of hydrogen-bond donors (Lipinski definition) is 2. The van der Waals surface area contributed by atoms with E-state index in [0.717, 1.165) is 10.5 Å². The van der Waals surface area contributed by atoms with E-state index in [2.05, 4.69) is 10.6 Å². The van der Waals surface area contributed by atoms with Crippen LogP contribution in [0.4, 0.5) is 10.5 Å². The Labute approximate surface area is 149 Å². The normalized spacial score (nSPS) is 13.0. The van der Waals surface area contributed by atoms with Gasteiger partial charge in [-0.3, -0.25) is 14.5 Å². The highest BCUT2D eigenvalue weighted by molar-refractivity contribution is 6.30. The fourth-order valence-electron chi connectivity index (χ4n) is 2.66. The molecule has 0 unspecified atom stereocenters. The van der Waals surface area contributed by atoms with Crippen LogP contribution < -0.4 is 10.6 Å². The number of carbonyl (C=O) groups is 3. The number of amides is 4. The van der Waals surface area contributed by atoms with Crippen LogP contribution in [0.1, 0.15) is 26.3 Å². The monoisotopic (exact) mass is 357 g/mol. The van der Waals surface area contributed by atoms with E-state index in [4.69, 9.17) is 11.6 Å². The smallest absolute Gasteiger partial charge is 0.319 e. The van der Waals surface area contributed by atoms with Crippen LogP contribution in [0, 0.1) is 6.92 Å². The molecule has 2 aromatic carbocycles. The predicted molar refractivity (Wildman–Crippen MR) is 95.0 cm³/mol. The summed E-state index contributed by atoms with van der Waals surface area (Å²) in [5.41, 5.74) is 2.27. The number of imide groups is 1. The summed E-state index contributed by atoms with van der Waals surface area (Å²) in [5.74, 6) is -0.673. The van der Waals surface area contributed by atoms with Gasteiger partial charge in [0.1, 0.15) is 0 Å². The maximum Gasteiger partial charge on any atom is 0.319 e. The second-order valence-electron chi connectivity index (χ2n) is 5.65. The van der Waals surface area contributed by atoms with E-state index in [9.17, 15) is 14.4 Å². The third kappa shape index (κ3) is 3.49. The molecule has 2 aromatic rings. The van der Waals surface area contributed by atoms with Gasteiger partial charge in [0.2, 0.25) is 0 Å². The lowest BCUT2D eigenvalue weighted by Crippen LogP contribution is -2.39. The van der Waals surface area contributed by atoms with Gasteiger partial charge in [-0.1, -0.05) is 23.7 Å². The van der Waals surface area contributed by atoms with Crippen molar-refractivity contribution < 1.29 is 14.4 Å². The van der Waals surface area contributed by atoms with Crippen LogP contribution in [0.15, 0.2) is 42.5 Å². The lowest BCUT2D eigenvalue weighted by Gasteiger charge is -2.15. The van der Waals surface area contributed by atoms with E-state index < -0.39 is 6.03 Å². The Morgan fingerprint density at radius 2 is 1.72 bits per heavy atom. The van der Waals surface area contributed by atoms with Crippen molar-refractivity contribution in [3.05, 3.63) is 64.2 Å². The quantitative estimate of drug-likeness (QED) is 0.825. The maximum absolute atomic E-state index is 12.2. The van der Waals surface area contributed by atoms with Gasteiger partial charge < -0.3 is 10.6 Å². The van der Waals surface area contributed by atoms with Crippen molar-refractivity contribution in [2.75, 3.05) is 18.4 Å². The van der Waals surface area contributed by atoms with Crippen LogP contribution in [0.2, 0.25) is 5.02 Å². The zero-order chi connectivity index (χ0) is 18.0. The van der Waals surface area contributed by atoms with Gasteiger partial charge >= 0.3 is 6.03 Å². The summed E-state index contributed by atoms with van der Waals surface area (Å²) in [6, 6.07) is 11.4. The molecular formula is C18H16ClN3O3. The third-order valence-corrected chi connectivity index (χ3v) is 4.17. The molecule has 0 saturated carbocycles. The van der Waals surface area contributed by atoms with Crippen molar-refractivity contribution in [2.24, 2.45) is 0 Å². The van der Waals surface area contributed by atoms with E-state index in [1.807, 2.05) is 6.92 Å². The van der Waals surface area contributed by atoms with Crippen LogP contribution in [0.25, 0.3) is 0 Å². The summed E-state index contributed by atoms with van der Waals surface area (Å²) >= 11 is 5.88. The van der Waals surface area contributed by atoms with Gasteiger partial charge in [0.05, 0.1) is 11.1 Å². The summed E-state index contributed by atoms with van der Waals surface area (Å²) < 4.78 is 0. The van der Waals surface area contributed by atoms with Crippen molar-refractivity contribution in [3.63, 3.8) is 0 Å². The Balaban J connectivity index is 1.54. The number of hydrogen-bond acceptors (Lipinski definition) is 3. The zero-order valence-electron chi connectivity index (χ0n) is 13.5. The summed E-state index contributed by atoms with van der Waals surface area (Å²) in [4.78, 5) is 37.5. The first-order valence-corrected chi connectivity index (χ1v) is 8.11. The molecule has 3 rings (SSSR count). The van der Waals surface area contributed by atoms with Gasteiger partial charge in [-0.25, -0.2) is 4.79 Å². The number of nitrogens with one attached hydrogen (secondary N) is 2. The largest absolute Gasteiger partial charge is 0.336 e. The second kappa shape index (κ2) is 6.94. The lowest BCUT2D eigenvalue weighted by molar-refractivity contribution is 0.0656. The number of carbonyl (C=O) groups excluding carboxylic acids is 3. The van der Waals surface area contributed by atoms with Crippen LogP contribution >= 0.6 is 11.6 Å². The van der Waals surface area contributed by atoms with Crippen LogP contribution in [-0.2, 0) is 0 Å². The topological polar surface area (TPSA) is 78.5 Å². The molecule has 7 heteroatoms. The minimum absolute atomic E-state index is 0.110. The first kappa shape index (κ1) is 17.0. The molecule has 0 atom stereocenters. The number of aryl methyl sites for hydroxylation is 1. The van der Waals surface area contributed by atoms with E-state index in [-0.39, 0.29) is 24.9 Å². The summed E-state index contributed by atoms with van der Waals surface area (Å²) in [6.45, 7) is 2.10. The molecule has 0 spiro atoms. The number of anilines is 1. The van der Waals surface area contributed by atoms with Crippen LogP contribution in [0.3, 0.4) is 0 Å². The Kier molecular flexibility index (Phi) is 4.72. The SMILES string of the molecule is Cc1cc(Cl)ccc1NC(=O)NCCN1C(=O)c2ccccc2C1=O. The van der Waals surface area contributed by atoms with Gasteiger partial charge in [-0.05, 0) is 42.8 Å². The summed E-state index contributed by atoms with van der Waals surface area (Å²) in [6.07, 6.45) is 0. The van der Waals surface area contributed by atoms with Gasteiger partial charge in [0.25, 0.3) is 11.8 Å².